The van der Waals surface area contributed by atoms with Crippen LogP contribution < -0.4 is 10.6 Å². The summed E-state index contributed by atoms with van der Waals surface area (Å²) in [6.45, 7) is 0.906. The van der Waals surface area contributed by atoms with Crippen molar-refractivity contribution < 1.29 is 14.0 Å². The predicted molar refractivity (Wildman–Crippen MR) is 90.9 cm³/mol. The fourth-order valence-electron chi connectivity index (χ4n) is 2.99. The predicted octanol–water partition coefficient (Wildman–Crippen LogP) is 2.00. The maximum Gasteiger partial charge on any atom is 0.321 e. The van der Waals surface area contributed by atoms with Crippen molar-refractivity contribution in [1.82, 2.24) is 20.0 Å². The maximum atomic E-state index is 13.6. The van der Waals surface area contributed by atoms with E-state index in [1.807, 2.05) is 0 Å². The lowest BCUT2D eigenvalue weighted by Gasteiger charge is -2.32. The van der Waals surface area contributed by atoms with Gasteiger partial charge in [0, 0.05) is 32.5 Å². The van der Waals surface area contributed by atoms with Gasteiger partial charge in [-0.05, 0) is 37.1 Å². The Morgan fingerprint density at radius 2 is 2.20 bits per heavy atom. The molecule has 0 aliphatic carbocycles. The molecule has 2 N–H and O–H groups in total. The summed E-state index contributed by atoms with van der Waals surface area (Å²) in [5.41, 5.74) is 0.898. The van der Waals surface area contributed by atoms with E-state index in [9.17, 15) is 14.0 Å². The molecular formula is C17H20FN5O2. The fourth-order valence-corrected chi connectivity index (χ4v) is 2.99. The second-order valence-electron chi connectivity index (χ2n) is 5.94. The van der Waals surface area contributed by atoms with Gasteiger partial charge in [0.2, 0.25) is 5.91 Å². The van der Waals surface area contributed by atoms with Crippen LogP contribution in [-0.2, 0) is 4.79 Å². The lowest BCUT2D eigenvalue weighted by atomic mass is 9.97. The molecule has 0 radical (unpaired) electrons. The van der Waals surface area contributed by atoms with Crippen LogP contribution in [0.2, 0.25) is 0 Å². The van der Waals surface area contributed by atoms with E-state index < -0.39 is 5.82 Å². The number of hydrogen-bond acceptors (Lipinski definition) is 3. The molecule has 3 amide bonds. The summed E-state index contributed by atoms with van der Waals surface area (Å²) in [5.74, 6) is -0.740. The van der Waals surface area contributed by atoms with Crippen molar-refractivity contribution in [2.24, 2.45) is 5.92 Å². The van der Waals surface area contributed by atoms with Crippen LogP contribution in [0.5, 0.6) is 0 Å². The third kappa shape index (κ3) is 3.78. The van der Waals surface area contributed by atoms with E-state index >= 15 is 0 Å². The quantitative estimate of drug-likeness (QED) is 0.893. The molecule has 7 nitrogen and oxygen atoms in total. The molecule has 2 heterocycles. The Hall–Kier alpha value is -2.90. The first-order valence-electron chi connectivity index (χ1n) is 8.15. The Kier molecular flexibility index (Phi) is 4.97. The molecule has 8 heteroatoms. The number of urea groups is 1. The Morgan fingerprint density at radius 3 is 2.92 bits per heavy atom. The van der Waals surface area contributed by atoms with Crippen LogP contribution in [0.25, 0.3) is 5.69 Å². The minimum absolute atomic E-state index is 0.0690. The molecule has 1 atom stereocenters. The topological polar surface area (TPSA) is 79.3 Å². The number of nitrogens with one attached hydrogen (secondary N) is 2. The van der Waals surface area contributed by atoms with Gasteiger partial charge in [-0.1, -0.05) is 0 Å². The molecule has 1 fully saturated rings. The number of amides is 3. The average Bonchev–Trinajstić information content (AvgIpc) is 3.15. The molecule has 0 spiro atoms. The molecule has 1 aliphatic heterocycles. The molecule has 0 bridgehead atoms. The summed E-state index contributed by atoms with van der Waals surface area (Å²) in [4.78, 5) is 26.0. The average molecular weight is 345 g/mol. The summed E-state index contributed by atoms with van der Waals surface area (Å²) in [6.07, 6.45) is 4.82. The minimum atomic E-state index is -0.451. The SMILES string of the molecule is CNC(=O)C1CCCN(C(=O)Nc2cc(F)ccc2-n2cccn2)C1. The van der Waals surface area contributed by atoms with Crippen LogP contribution in [0.15, 0.2) is 36.7 Å². The van der Waals surface area contributed by atoms with Gasteiger partial charge in [0.05, 0.1) is 17.3 Å². The van der Waals surface area contributed by atoms with E-state index in [1.54, 1.807) is 41.2 Å². The van der Waals surface area contributed by atoms with Gasteiger partial charge in [0.25, 0.3) is 0 Å². The van der Waals surface area contributed by atoms with Crippen molar-refractivity contribution >= 4 is 17.6 Å². The van der Waals surface area contributed by atoms with Crippen LogP contribution in [0, 0.1) is 11.7 Å². The van der Waals surface area contributed by atoms with Crippen LogP contribution in [-0.4, -0.2) is 46.8 Å². The lowest BCUT2D eigenvalue weighted by molar-refractivity contribution is -0.125. The second kappa shape index (κ2) is 7.33. The summed E-state index contributed by atoms with van der Waals surface area (Å²) < 4.78 is 15.2. The second-order valence-corrected chi connectivity index (χ2v) is 5.94. The highest BCUT2D eigenvalue weighted by Gasteiger charge is 2.28. The highest BCUT2D eigenvalue weighted by Crippen LogP contribution is 2.23. The molecule has 2 aromatic rings. The largest absolute Gasteiger partial charge is 0.359 e. The molecule has 1 aromatic heterocycles. The van der Waals surface area contributed by atoms with Gasteiger partial charge in [-0.25, -0.2) is 13.9 Å². The van der Waals surface area contributed by atoms with Crippen molar-refractivity contribution in [2.75, 3.05) is 25.5 Å². The Morgan fingerprint density at radius 1 is 1.36 bits per heavy atom. The number of nitrogens with zero attached hydrogens (tertiary/aromatic N) is 3. The van der Waals surface area contributed by atoms with Crippen LogP contribution >= 0.6 is 0 Å². The zero-order valence-electron chi connectivity index (χ0n) is 13.9. The molecule has 1 saturated heterocycles. The number of hydrogen-bond donors (Lipinski definition) is 2. The lowest BCUT2D eigenvalue weighted by Crippen LogP contribution is -2.46. The number of aromatic nitrogens is 2. The zero-order chi connectivity index (χ0) is 17.8. The molecule has 3 rings (SSSR count). The van der Waals surface area contributed by atoms with Crippen LogP contribution in [0.3, 0.4) is 0 Å². The Bertz CT molecular complexity index is 762. The van der Waals surface area contributed by atoms with Crippen molar-refractivity contribution in [3.63, 3.8) is 0 Å². The number of rotatable bonds is 3. The first-order chi connectivity index (χ1) is 12.1. The van der Waals surface area contributed by atoms with Crippen molar-refractivity contribution in [3.05, 3.63) is 42.5 Å². The van der Waals surface area contributed by atoms with Gasteiger partial charge in [0.1, 0.15) is 5.82 Å². The van der Waals surface area contributed by atoms with Gasteiger partial charge >= 0.3 is 6.03 Å². The normalized spacial score (nSPS) is 17.2. The van der Waals surface area contributed by atoms with Crippen LogP contribution in [0.4, 0.5) is 14.9 Å². The minimum Gasteiger partial charge on any atom is -0.359 e. The summed E-state index contributed by atoms with van der Waals surface area (Å²) in [7, 11) is 1.59. The highest BCUT2D eigenvalue weighted by atomic mass is 19.1. The Labute approximate surface area is 144 Å². The number of likely N-dealkylation sites (tertiary alicyclic amines) is 1. The van der Waals surface area contributed by atoms with Crippen molar-refractivity contribution in [2.45, 2.75) is 12.8 Å². The van der Waals surface area contributed by atoms with E-state index in [-0.39, 0.29) is 17.9 Å². The van der Waals surface area contributed by atoms with Gasteiger partial charge in [-0.2, -0.15) is 5.10 Å². The highest BCUT2D eigenvalue weighted by molar-refractivity contribution is 5.92. The first kappa shape index (κ1) is 16.9. The monoisotopic (exact) mass is 345 g/mol. The van der Waals surface area contributed by atoms with Crippen molar-refractivity contribution in [3.8, 4) is 5.69 Å². The number of carbonyl (C=O) groups is 2. The smallest absolute Gasteiger partial charge is 0.321 e. The molecular weight excluding hydrogens is 325 g/mol. The third-order valence-corrected chi connectivity index (χ3v) is 4.28. The summed E-state index contributed by atoms with van der Waals surface area (Å²) in [5, 5.41) is 9.48. The number of anilines is 1. The van der Waals surface area contributed by atoms with E-state index in [2.05, 4.69) is 15.7 Å². The van der Waals surface area contributed by atoms with Crippen molar-refractivity contribution in [1.29, 1.82) is 0 Å². The third-order valence-electron chi connectivity index (χ3n) is 4.28. The summed E-state index contributed by atoms with van der Waals surface area (Å²) in [6, 6.07) is 5.52. The number of piperidine rings is 1. The van der Waals surface area contributed by atoms with Gasteiger partial charge in [-0.15, -0.1) is 0 Å². The van der Waals surface area contributed by atoms with Gasteiger partial charge in [-0.3, -0.25) is 4.79 Å². The molecule has 1 unspecified atom stereocenters. The van der Waals surface area contributed by atoms with Gasteiger partial charge < -0.3 is 15.5 Å². The molecule has 0 saturated carbocycles. The van der Waals surface area contributed by atoms with E-state index in [0.717, 1.165) is 12.8 Å². The number of benzene rings is 1. The Balaban J connectivity index is 1.77. The number of carbonyl (C=O) groups excluding carboxylic acids is 2. The number of halogens is 1. The van der Waals surface area contributed by atoms with E-state index in [1.165, 1.54) is 12.1 Å². The molecule has 1 aliphatic rings. The summed E-state index contributed by atoms with van der Waals surface area (Å²) >= 11 is 0. The standard InChI is InChI=1S/C17H20FN5O2/c1-19-16(24)12-4-2-8-22(11-12)17(25)21-14-10-13(18)5-6-15(14)23-9-3-7-20-23/h3,5-7,9-10,12H,2,4,8,11H2,1H3,(H,19,24)(H,21,25). The van der Waals surface area contributed by atoms with Gasteiger partial charge in [0.15, 0.2) is 0 Å². The molecule has 1 aromatic carbocycles. The zero-order valence-corrected chi connectivity index (χ0v) is 13.9. The first-order valence-corrected chi connectivity index (χ1v) is 8.15. The van der Waals surface area contributed by atoms with Crippen LogP contribution in [0.1, 0.15) is 12.8 Å². The van der Waals surface area contributed by atoms with E-state index in [0.29, 0.717) is 24.5 Å². The molecule has 132 valence electrons. The molecule has 25 heavy (non-hydrogen) atoms. The fraction of sp³-hybridized carbons (Fsp3) is 0.353. The van der Waals surface area contributed by atoms with E-state index in [4.69, 9.17) is 0 Å². The maximum absolute atomic E-state index is 13.6.